The Kier molecular flexibility index (Phi) is 3.44. The number of imidazole rings is 1. The molecule has 0 atom stereocenters. The highest BCUT2D eigenvalue weighted by Gasteiger charge is 2.17. The Morgan fingerprint density at radius 1 is 1.35 bits per heavy atom. The van der Waals surface area contributed by atoms with Crippen LogP contribution in [0.5, 0.6) is 0 Å². The van der Waals surface area contributed by atoms with Crippen LogP contribution in [0, 0.1) is 0 Å². The molecule has 0 saturated carbocycles. The summed E-state index contributed by atoms with van der Waals surface area (Å²) >= 11 is 0. The van der Waals surface area contributed by atoms with Crippen LogP contribution in [0.3, 0.4) is 0 Å². The maximum atomic E-state index is 10.9. The van der Waals surface area contributed by atoms with Crippen LogP contribution in [0.2, 0.25) is 0 Å². The fourth-order valence-corrected chi connectivity index (χ4v) is 2.04. The third-order valence-corrected chi connectivity index (χ3v) is 3.10. The number of nitrogens with zero attached hydrogens (tertiary/aromatic N) is 4. The van der Waals surface area contributed by atoms with Gasteiger partial charge in [-0.3, -0.25) is 4.90 Å². The lowest BCUT2D eigenvalue weighted by atomic mass is 10.3. The number of aryl methyl sites for hydroxylation is 1. The van der Waals surface area contributed by atoms with E-state index in [0.29, 0.717) is 0 Å². The maximum Gasteiger partial charge on any atom is 0.372 e. The molecule has 0 aromatic carbocycles. The van der Waals surface area contributed by atoms with Gasteiger partial charge in [0.1, 0.15) is 0 Å². The van der Waals surface area contributed by atoms with Crippen molar-refractivity contribution >= 4 is 5.97 Å². The number of likely N-dealkylation sites (N-methyl/N-ethyl adjacent to an activating group) is 1. The van der Waals surface area contributed by atoms with Crippen LogP contribution in [-0.2, 0) is 13.6 Å². The Morgan fingerprint density at radius 3 is 2.53 bits per heavy atom. The molecule has 0 unspecified atom stereocenters. The van der Waals surface area contributed by atoms with Gasteiger partial charge in [-0.25, -0.2) is 9.78 Å². The van der Waals surface area contributed by atoms with Crippen molar-refractivity contribution in [2.24, 2.45) is 7.05 Å². The summed E-state index contributed by atoms with van der Waals surface area (Å²) in [6, 6.07) is 0. The molecular formula is C11H18N4O2. The van der Waals surface area contributed by atoms with E-state index in [2.05, 4.69) is 21.8 Å². The molecule has 1 aliphatic rings. The second-order valence-electron chi connectivity index (χ2n) is 4.55. The van der Waals surface area contributed by atoms with Gasteiger partial charge in [-0.1, -0.05) is 0 Å². The minimum absolute atomic E-state index is 0.106. The van der Waals surface area contributed by atoms with Crippen LogP contribution >= 0.6 is 0 Å². The SMILES string of the molecule is CN1CCN(Cc2cn(C)c(C(=O)O)n2)CC1. The van der Waals surface area contributed by atoms with E-state index >= 15 is 0 Å². The zero-order valence-corrected chi connectivity index (χ0v) is 10.3. The quantitative estimate of drug-likeness (QED) is 0.794. The van der Waals surface area contributed by atoms with Gasteiger partial charge in [0.25, 0.3) is 0 Å². The summed E-state index contributed by atoms with van der Waals surface area (Å²) in [6.45, 7) is 4.86. The highest BCUT2D eigenvalue weighted by molar-refractivity contribution is 5.83. The number of carboxylic acids is 1. The van der Waals surface area contributed by atoms with Crippen LogP contribution in [0.25, 0.3) is 0 Å². The number of rotatable bonds is 3. The second-order valence-corrected chi connectivity index (χ2v) is 4.55. The molecule has 6 heteroatoms. The molecule has 0 spiro atoms. The Bertz CT molecular complexity index is 408. The molecule has 6 nitrogen and oxygen atoms in total. The monoisotopic (exact) mass is 238 g/mol. The lowest BCUT2D eigenvalue weighted by molar-refractivity contribution is 0.0679. The van der Waals surface area contributed by atoms with Crippen LogP contribution in [0.1, 0.15) is 16.3 Å². The smallest absolute Gasteiger partial charge is 0.372 e. The number of piperazine rings is 1. The van der Waals surface area contributed by atoms with Gasteiger partial charge in [-0.05, 0) is 7.05 Å². The van der Waals surface area contributed by atoms with E-state index < -0.39 is 5.97 Å². The fraction of sp³-hybridized carbons (Fsp3) is 0.636. The standard InChI is InChI=1S/C11H18N4O2/c1-13-3-5-15(6-4-13)8-9-7-14(2)10(12-9)11(16)17/h7H,3-6,8H2,1-2H3,(H,16,17). The molecule has 1 aliphatic heterocycles. The lowest BCUT2D eigenvalue weighted by Crippen LogP contribution is -2.43. The van der Waals surface area contributed by atoms with Crippen molar-refractivity contribution in [3.05, 3.63) is 17.7 Å². The summed E-state index contributed by atoms with van der Waals surface area (Å²) in [5.41, 5.74) is 0.828. The van der Waals surface area contributed by atoms with E-state index in [-0.39, 0.29) is 5.82 Å². The van der Waals surface area contributed by atoms with Gasteiger partial charge in [0.2, 0.25) is 5.82 Å². The highest BCUT2D eigenvalue weighted by atomic mass is 16.4. The third kappa shape index (κ3) is 2.83. The van der Waals surface area contributed by atoms with Crippen LogP contribution < -0.4 is 0 Å². The molecule has 2 rings (SSSR count). The first-order valence-electron chi connectivity index (χ1n) is 5.72. The first kappa shape index (κ1) is 12.1. The van der Waals surface area contributed by atoms with Crippen molar-refractivity contribution in [1.29, 1.82) is 0 Å². The Balaban J connectivity index is 1.99. The Hall–Kier alpha value is -1.40. The Morgan fingerprint density at radius 2 is 2.00 bits per heavy atom. The van der Waals surface area contributed by atoms with Crippen LogP contribution in [0.4, 0.5) is 0 Å². The van der Waals surface area contributed by atoms with Crippen molar-refractivity contribution in [2.75, 3.05) is 33.2 Å². The zero-order chi connectivity index (χ0) is 12.4. The van der Waals surface area contributed by atoms with Crippen LogP contribution in [0.15, 0.2) is 6.20 Å². The van der Waals surface area contributed by atoms with Gasteiger partial charge in [-0.15, -0.1) is 0 Å². The molecule has 0 amide bonds. The van der Waals surface area contributed by atoms with Crippen LogP contribution in [-0.4, -0.2) is 63.7 Å². The molecule has 94 valence electrons. The van der Waals surface area contributed by atoms with Gasteiger partial charge in [-0.2, -0.15) is 0 Å². The topological polar surface area (TPSA) is 61.6 Å². The van der Waals surface area contributed by atoms with E-state index in [1.165, 1.54) is 0 Å². The van der Waals surface area contributed by atoms with Crippen molar-refractivity contribution < 1.29 is 9.90 Å². The molecule has 1 fully saturated rings. The molecule has 1 aromatic rings. The minimum Gasteiger partial charge on any atom is -0.475 e. The normalized spacial score (nSPS) is 18.5. The number of aromatic nitrogens is 2. The number of hydrogen-bond donors (Lipinski definition) is 1. The van der Waals surface area contributed by atoms with Gasteiger partial charge < -0.3 is 14.6 Å². The molecule has 1 aromatic heterocycles. The average molecular weight is 238 g/mol. The van der Waals surface area contributed by atoms with Crippen molar-refractivity contribution in [2.45, 2.75) is 6.54 Å². The van der Waals surface area contributed by atoms with E-state index in [4.69, 9.17) is 5.11 Å². The first-order valence-corrected chi connectivity index (χ1v) is 5.72. The summed E-state index contributed by atoms with van der Waals surface area (Å²) < 4.78 is 1.56. The van der Waals surface area contributed by atoms with E-state index in [1.807, 2.05) is 0 Å². The first-order chi connectivity index (χ1) is 8.06. The Labute approximate surface area is 100 Å². The number of carbonyl (C=O) groups is 1. The predicted molar refractivity (Wildman–Crippen MR) is 62.9 cm³/mol. The molecule has 2 heterocycles. The number of aromatic carboxylic acids is 1. The van der Waals surface area contributed by atoms with E-state index in [9.17, 15) is 4.79 Å². The van der Waals surface area contributed by atoms with Crippen molar-refractivity contribution in [1.82, 2.24) is 19.4 Å². The molecule has 17 heavy (non-hydrogen) atoms. The molecule has 1 N–H and O–H groups in total. The summed E-state index contributed by atoms with van der Waals surface area (Å²) in [5.74, 6) is -0.869. The molecular weight excluding hydrogens is 220 g/mol. The number of hydrogen-bond acceptors (Lipinski definition) is 4. The summed E-state index contributed by atoms with van der Waals surface area (Å²) in [4.78, 5) is 19.6. The van der Waals surface area contributed by atoms with Gasteiger partial charge in [0, 0.05) is 46.0 Å². The van der Waals surface area contributed by atoms with Gasteiger partial charge in [0.05, 0.1) is 5.69 Å². The summed E-state index contributed by atoms with van der Waals surface area (Å²) in [7, 11) is 3.82. The lowest BCUT2D eigenvalue weighted by Gasteiger charge is -2.31. The largest absolute Gasteiger partial charge is 0.475 e. The summed E-state index contributed by atoms with van der Waals surface area (Å²) in [6.07, 6.45) is 1.79. The molecule has 1 saturated heterocycles. The van der Waals surface area contributed by atoms with E-state index in [0.717, 1.165) is 38.4 Å². The minimum atomic E-state index is -0.975. The third-order valence-electron chi connectivity index (χ3n) is 3.10. The zero-order valence-electron chi connectivity index (χ0n) is 10.3. The molecule has 0 aliphatic carbocycles. The molecule has 0 radical (unpaired) electrons. The summed E-state index contributed by atoms with van der Waals surface area (Å²) in [5, 5.41) is 8.92. The highest BCUT2D eigenvalue weighted by Crippen LogP contribution is 2.08. The van der Waals surface area contributed by atoms with E-state index in [1.54, 1.807) is 17.8 Å². The fourth-order valence-electron chi connectivity index (χ4n) is 2.04. The average Bonchev–Trinajstić information content (AvgIpc) is 2.63. The van der Waals surface area contributed by atoms with Crippen molar-refractivity contribution in [3.8, 4) is 0 Å². The second kappa shape index (κ2) is 4.85. The number of carboxylic acid groups (broad SMARTS) is 1. The maximum absolute atomic E-state index is 10.9. The van der Waals surface area contributed by atoms with Gasteiger partial charge in [0.15, 0.2) is 0 Å². The van der Waals surface area contributed by atoms with Gasteiger partial charge >= 0.3 is 5.97 Å². The molecule has 0 bridgehead atoms. The predicted octanol–water partition coefficient (Wildman–Crippen LogP) is -0.134. The van der Waals surface area contributed by atoms with Crippen molar-refractivity contribution in [3.63, 3.8) is 0 Å².